The van der Waals surface area contributed by atoms with Gasteiger partial charge in [0, 0.05) is 12.7 Å². The molecule has 4 saturated carbocycles. The third kappa shape index (κ3) is 2.51. The van der Waals surface area contributed by atoms with Crippen molar-refractivity contribution in [2.75, 3.05) is 13.2 Å². The normalized spacial score (nSPS) is 51.8. The van der Waals surface area contributed by atoms with Crippen LogP contribution in [0.15, 0.2) is 11.6 Å². The standard InChI is InChI=1S/C23H34O4/c1-22-8-7-20-17(3-2-15-11-16(25)6-9-23(15,20)13-24)19(22)5-4-18(22)14-10-21(26)27-12-14/h10,15-20,24-25H,2-9,11-13H2,1H3/t15-,16+,17-,18+,19+,20-,22-,23+/m0/s1. The molecule has 0 aromatic heterocycles. The van der Waals surface area contributed by atoms with Crippen molar-refractivity contribution in [2.24, 2.45) is 40.4 Å². The number of fused-ring (bicyclic) bond motifs is 5. The van der Waals surface area contributed by atoms with Crippen LogP contribution < -0.4 is 0 Å². The summed E-state index contributed by atoms with van der Waals surface area (Å²) in [6.45, 7) is 3.27. The molecule has 27 heavy (non-hydrogen) atoms. The van der Waals surface area contributed by atoms with E-state index in [0.29, 0.717) is 42.8 Å². The molecule has 5 rings (SSSR count). The van der Waals surface area contributed by atoms with Crippen molar-refractivity contribution < 1.29 is 19.7 Å². The summed E-state index contributed by atoms with van der Waals surface area (Å²) < 4.78 is 5.24. The molecule has 0 unspecified atom stereocenters. The summed E-state index contributed by atoms with van der Waals surface area (Å²) in [6, 6.07) is 0. The first-order chi connectivity index (χ1) is 13.0. The maximum Gasteiger partial charge on any atom is 0.331 e. The van der Waals surface area contributed by atoms with Crippen LogP contribution in [0.3, 0.4) is 0 Å². The summed E-state index contributed by atoms with van der Waals surface area (Å²) in [5.74, 6) is 2.84. The summed E-state index contributed by atoms with van der Waals surface area (Å²) in [7, 11) is 0. The molecule has 4 fully saturated rings. The first-order valence-electron chi connectivity index (χ1n) is 11.1. The molecule has 4 aliphatic carbocycles. The van der Waals surface area contributed by atoms with Gasteiger partial charge < -0.3 is 14.9 Å². The molecule has 0 radical (unpaired) electrons. The number of carbonyl (C=O) groups is 1. The molecule has 4 nitrogen and oxygen atoms in total. The number of carbonyl (C=O) groups excluding carboxylic acids is 1. The van der Waals surface area contributed by atoms with E-state index in [4.69, 9.17) is 4.74 Å². The van der Waals surface area contributed by atoms with E-state index in [2.05, 4.69) is 6.92 Å². The van der Waals surface area contributed by atoms with Crippen molar-refractivity contribution in [2.45, 2.75) is 70.8 Å². The van der Waals surface area contributed by atoms with E-state index >= 15 is 0 Å². The summed E-state index contributed by atoms with van der Waals surface area (Å²) in [4.78, 5) is 11.6. The molecule has 2 N–H and O–H groups in total. The summed E-state index contributed by atoms with van der Waals surface area (Å²) in [6.07, 6.45) is 11.6. The molecule has 0 saturated heterocycles. The number of aliphatic hydroxyl groups excluding tert-OH is 2. The van der Waals surface area contributed by atoms with E-state index in [0.717, 1.165) is 19.3 Å². The number of aliphatic hydroxyl groups is 2. The highest BCUT2D eigenvalue weighted by atomic mass is 16.5. The first kappa shape index (κ1) is 18.2. The molecule has 0 amide bonds. The second-order valence-corrected chi connectivity index (χ2v) is 10.5. The number of hydrogen-bond acceptors (Lipinski definition) is 4. The van der Waals surface area contributed by atoms with Gasteiger partial charge >= 0.3 is 5.97 Å². The van der Waals surface area contributed by atoms with Gasteiger partial charge in [-0.25, -0.2) is 4.79 Å². The first-order valence-corrected chi connectivity index (χ1v) is 11.1. The number of esters is 1. The lowest BCUT2D eigenvalue weighted by Gasteiger charge is -2.61. The molecule has 4 heteroatoms. The highest BCUT2D eigenvalue weighted by Crippen LogP contribution is 2.68. The van der Waals surface area contributed by atoms with Crippen LogP contribution in [-0.2, 0) is 9.53 Å². The van der Waals surface area contributed by atoms with Gasteiger partial charge in [0.2, 0.25) is 0 Å². The Hall–Kier alpha value is -0.870. The van der Waals surface area contributed by atoms with Crippen LogP contribution in [0.4, 0.5) is 0 Å². The fourth-order valence-electron chi connectivity index (χ4n) is 8.54. The van der Waals surface area contributed by atoms with Crippen molar-refractivity contribution in [3.8, 4) is 0 Å². The van der Waals surface area contributed by atoms with Gasteiger partial charge in [-0.05, 0) is 104 Å². The summed E-state index contributed by atoms with van der Waals surface area (Å²) >= 11 is 0. The summed E-state index contributed by atoms with van der Waals surface area (Å²) in [5, 5.41) is 20.7. The lowest BCUT2D eigenvalue weighted by atomic mass is 9.44. The van der Waals surface area contributed by atoms with Gasteiger partial charge in [0.05, 0.1) is 6.10 Å². The van der Waals surface area contributed by atoms with E-state index in [1.54, 1.807) is 6.08 Å². The van der Waals surface area contributed by atoms with Crippen LogP contribution in [0.5, 0.6) is 0 Å². The van der Waals surface area contributed by atoms with E-state index < -0.39 is 0 Å². The predicted molar refractivity (Wildman–Crippen MR) is 102 cm³/mol. The molecule has 150 valence electrons. The minimum atomic E-state index is -0.164. The van der Waals surface area contributed by atoms with Gasteiger partial charge in [-0.1, -0.05) is 6.92 Å². The summed E-state index contributed by atoms with van der Waals surface area (Å²) in [5.41, 5.74) is 1.56. The second kappa shape index (κ2) is 6.32. The zero-order valence-electron chi connectivity index (χ0n) is 16.5. The third-order valence-corrected chi connectivity index (χ3v) is 9.76. The van der Waals surface area contributed by atoms with E-state index in [9.17, 15) is 15.0 Å². The molecule has 0 bridgehead atoms. The monoisotopic (exact) mass is 374 g/mol. The van der Waals surface area contributed by atoms with Gasteiger partial charge in [-0.3, -0.25) is 0 Å². The molecule has 0 aromatic carbocycles. The zero-order valence-corrected chi connectivity index (χ0v) is 16.5. The Morgan fingerprint density at radius 1 is 1.11 bits per heavy atom. The van der Waals surface area contributed by atoms with Gasteiger partial charge in [0.15, 0.2) is 0 Å². The molecule has 8 atom stereocenters. The maximum absolute atomic E-state index is 11.6. The number of ether oxygens (including phenoxy) is 1. The number of hydrogen-bond donors (Lipinski definition) is 2. The van der Waals surface area contributed by atoms with Crippen LogP contribution in [0.25, 0.3) is 0 Å². The second-order valence-electron chi connectivity index (χ2n) is 10.5. The smallest absolute Gasteiger partial charge is 0.331 e. The van der Waals surface area contributed by atoms with Crippen LogP contribution in [0, 0.1) is 40.4 Å². The lowest BCUT2D eigenvalue weighted by Crippen LogP contribution is -2.56. The molecular formula is C23H34O4. The van der Waals surface area contributed by atoms with Gasteiger partial charge in [-0.15, -0.1) is 0 Å². The van der Waals surface area contributed by atoms with Crippen molar-refractivity contribution in [3.63, 3.8) is 0 Å². The molecule has 5 aliphatic rings. The molecule has 0 spiro atoms. The Labute approximate surface area is 162 Å². The Morgan fingerprint density at radius 3 is 2.70 bits per heavy atom. The molecule has 0 aromatic rings. The minimum absolute atomic E-state index is 0.0489. The fraction of sp³-hybridized carbons (Fsp3) is 0.870. The Bertz CT molecular complexity index is 657. The van der Waals surface area contributed by atoms with Crippen LogP contribution in [-0.4, -0.2) is 35.5 Å². The highest BCUT2D eigenvalue weighted by Gasteiger charge is 2.61. The van der Waals surface area contributed by atoms with Gasteiger partial charge in [-0.2, -0.15) is 0 Å². The molecule has 1 heterocycles. The van der Waals surface area contributed by atoms with Crippen LogP contribution in [0.1, 0.15) is 64.7 Å². The SMILES string of the molecule is C[C@@]12CC[C@H]3[C@@H](CC[C@H]4C[C@H](O)CC[C@@]43CO)[C@H]1CC[C@@H]2C1=CC(=O)OC1. The largest absolute Gasteiger partial charge is 0.458 e. The molecule has 1 aliphatic heterocycles. The number of rotatable bonds is 2. The van der Waals surface area contributed by atoms with E-state index in [-0.39, 0.29) is 22.9 Å². The average Bonchev–Trinajstić information content (AvgIpc) is 3.23. The fourth-order valence-corrected chi connectivity index (χ4v) is 8.54. The zero-order chi connectivity index (χ0) is 18.8. The van der Waals surface area contributed by atoms with Crippen molar-refractivity contribution in [1.82, 2.24) is 0 Å². The van der Waals surface area contributed by atoms with Crippen LogP contribution in [0.2, 0.25) is 0 Å². The molecular weight excluding hydrogens is 340 g/mol. The Balaban J connectivity index is 1.43. The van der Waals surface area contributed by atoms with Gasteiger partial charge in [0.25, 0.3) is 0 Å². The number of cyclic esters (lactones) is 1. The van der Waals surface area contributed by atoms with Crippen molar-refractivity contribution in [3.05, 3.63) is 11.6 Å². The van der Waals surface area contributed by atoms with E-state index in [1.165, 1.54) is 44.1 Å². The van der Waals surface area contributed by atoms with Crippen molar-refractivity contribution >= 4 is 5.97 Å². The lowest BCUT2D eigenvalue weighted by molar-refractivity contribution is -0.152. The third-order valence-electron chi connectivity index (χ3n) is 9.76. The average molecular weight is 375 g/mol. The predicted octanol–water partition coefficient (Wildman–Crippen LogP) is 3.46. The van der Waals surface area contributed by atoms with E-state index in [1.807, 2.05) is 0 Å². The van der Waals surface area contributed by atoms with Gasteiger partial charge in [0.1, 0.15) is 6.61 Å². The van der Waals surface area contributed by atoms with Crippen LogP contribution >= 0.6 is 0 Å². The Morgan fingerprint density at radius 2 is 1.96 bits per heavy atom. The minimum Gasteiger partial charge on any atom is -0.458 e. The van der Waals surface area contributed by atoms with Crippen molar-refractivity contribution in [1.29, 1.82) is 0 Å². The maximum atomic E-state index is 11.6. The quantitative estimate of drug-likeness (QED) is 0.727. The topological polar surface area (TPSA) is 66.8 Å². The highest BCUT2D eigenvalue weighted by molar-refractivity contribution is 5.85. The Kier molecular flexibility index (Phi) is 4.25.